The van der Waals surface area contributed by atoms with E-state index in [2.05, 4.69) is 9.82 Å². The number of aryl methyl sites for hydroxylation is 1. The van der Waals surface area contributed by atoms with E-state index in [0.717, 1.165) is 9.98 Å². The number of hydrogen-bond donors (Lipinski definition) is 1. The van der Waals surface area contributed by atoms with Crippen LogP contribution in [0.4, 0.5) is 10.1 Å². The molecule has 178 valence electrons. The molecule has 10 heteroatoms. The highest BCUT2D eigenvalue weighted by Gasteiger charge is 2.38. The Bertz CT molecular complexity index is 1440. The third kappa shape index (κ3) is 4.83. The van der Waals surface area contributed by atoms with Gasteiger partial charge in [0.2, 0.25) is 10.0 Å². The van der Waals surface area contributed by atoms with Crippen LogP contribution in [0, 0.1) is 12.7 Å². The summed E-state index contributed by atoms with van der Waals surface area (Å²) < 4.78 is 68.7. The summed E-state index contributed by atoms with van der Waals surface area (Å²) in [5.41, 5.74) is 2.59. The maximum absolute atomic E-state index is 14.7. The molecule has 1 aliphatic rings. The third-order valence-electron chi connectivity index (χ3n) is 5.57. The summed E-state index contributed by atoms with van der Waals surface area (Å²) in [5, 5.41) is 4.40. The zero-order valence-electron chi connectivity index (χ0n) is 18.6. The predicted molar refractivity (Wildman–Crippen MR) is 130 cm³/mol. The van der Waals surface area contributed by atoms with E-state index in [1.807, 2.05) is 6.92 Å². The summed E-state index contributed by atoms with van der Waals surface area (Å²) in [5.74, 6) is -0.574. The summed E-state index contributed by atoms with van der Waals surface area (Å²) in [6.07, 6.45) is 0.159. The highest BCUT2D eigenvalue weighted by atomic mass is 32.2. The van der Waals surface area contributed by atoms with Gasteiger partial charge in [-0.3, -0.25) is 4.72 Å². The van der Waals surface area contributed by atoms with Gasteiger partial charge in [0.15, 0.2) is 0 Å². The van der Waals surface area contributed by atoms with Crippen molar-refractivity contribution < 1.29 is 21.2 Å². The zero-order chi connectivity index (χ0) is 24.5. The maximum Gasteiger partial charge on any atom is 0.279 e. The van der Waals surface area contributed by atoms with Crippen molar-refractivity contribution in [3.05, 3.63) is 95.3 Å². The molecule has 1 N–H and O–H groups in total. The lowest BCUT2D eigenvalue weighted by Crippen LogP contribution is -2.28. The second kappa shape index (κ2) is 9.19. The van der Waals surface area contributed by atoms with Crippen LogP contribution < -0.4 is 4.72 Å². The molecular weight excluding hydrogens is 477 g/mol. The van der Waals surface area contributed by atoms with Gasteiger partial charge in [0.05, 0.1) is 22.4 Å². The average Bonchev–Trinajstić information content (AvgIpc) is 3.26. The maximum atomic E-state index is 14.7. The number of anilines is 1. The van der Waals surface area contributed by atoms with E-state index >= 15 is 0 Å². The average molecular weight is 502 g/mol. The van der Waals surface area contributed by atoms with E-state index in [1.165, 1.54) is 25.1 Å². The Hall–Kier alpha value is -3.24. The molecule has 0 aliphatic carbocycles. The minimum atomic E-state index is -4.06. The smallest absolute Gasteiger partial charge is 0.279 e. The molecule has 0 saturated carbocycles. The summed E-state index contributed by atoms with van der Waals surface area (Å²) in [4.78, 5) is 0.0637. The fourth-order valence-electron chi connectivity index (χ4n) is 3.66. The van der Waals surface area contributed by atoms with Crippen molar-refractivity contribution in [1.29, 1.82) is 0 Å². The molecule has 0 saturated heterocycles. The molecule has 0 aromatic heterocycles. The molecule has 0 fully saturated rings. The van der Waals surface area contributed by atoms with Crippen LogP contribution in [0.3, 0.4) is 0 Å². The molecule has 0 bridgehead atoms. The summed E-state index contributed by atoms with van der Waals surface area (Å²) in [6.45, 7) is 3.39. The summed E-state index contributed by atoms with van der Waals surface area (Å²) >= 11 is 0. The van der Waals surface area contributed by atoms with Crippen molar-refractivity contribution in [2.75, 3.05) is 10.5 Å². The molecule has 4 rings (SSSR count). The molecule has 3 aromatic rings. The lowest BCUT2D eigenvalue weighted by atomic mass is 9.99. The van der Waals surface area contributed by atoms with Gasteiger partial charge in [-0.1, -0.05) is 48.0 Å². The van der Waals surface area contributed by atoms with Crippen molar-refractivity contribution in [2.24, 2.45) is 5.10 Å². The highest BCUT2D eigenvalue weighted by Crippen LogP contribution is 2.38. The van der Waals surface area contributed by atoms with E-state index in [0.29, 0.717) is 17.0 Å². The van der Waals surface area contributed by atoms with Gasteiger partial charge in [-0.25, -0.2) is 12.8 Å². The normalized spacial score (nSPS) is 16.4. The Balaban J connectivity index is 1.73. The van der Waals surface area contributed by atoms with Crippen LogP contribution in [0.15, 0.2) is 82.8 Å². The minimum absolute atomic E-state index is 0.0579. The lowest BCUT2D eigenvalue weighted by Gasteiger charge is -2.23. The van der Waals surface area contributed by atoms with Gasteiger partial charge in [-0.05, 0) is 49.7 Å². The number of hydrogen-bond acceptors (Lipinski definition) is 5. The SMILES string of the molecule is CCS(=O)(=O)Nc1ccc(C2=NN(S(=O)(=O)c3ccc(C)cc3)C(c3ccccc3F)C2)cc1. The minimum Gasteiger partial charge on any atom is -0.284 e. The lowest BCUT2D eigenvalue weighted by molar-refractivity contribution is 0.362. The van der Waals surface area contributed by atoms with Crippen molar-refractivity contribution in [2.45, 2.75) is 31.2 Å². The van der Waals surface area contributed by atoms with E-state index in [4.69, 9.17) is 0 Å². The van der Waals surface area contributed by atoms with Crippen molar-refractivity contribution in [3.63, 3.8) is 0 Å². The van der Waals surface area contributed by atoms with Gasteiger partial charge in [-0.15, -0.1) is 0 Å². The number of sulfonamides is 2. The molecule has 0 amide bonds. The third-order valence-corrected chi connectivity index (χ3v) is 8.58. The first kappa shape index (κ1) is 23.9. The van der Waals surface area contributed by atoms with Crippen LogP contribution >= 0.6 is 0 Å². The molecule has 1 unspecified atom stereocenters. The molecule has 0 radical (unpaired) electrons. The van der Waals surface area contributed by atoms with Crippen LogP contribution in [0.25, 0.3) is 0 Å². The molecule has 1 heterocycles. The van der Waals surface area contributed by atoms with Crippen LogP contribution in [-0.2, 0) is 20.0 Å². The molecule has 3 aromatic carbocycles. The quantitative estimate of drug-likeness (QED) is 0.518. The van der Waals surface area contributed by atoms with E-state index in [-0.39, 0.29) is 22.6 Å². The Kier molecular flexibility index (Phi) is 6.46. The van der Waals surface area contributed by atoms with Gasteiger partial charge in [-0.2, -0.15) is 17.9 Å². The summed E-state index contributed by atoms with van der Waals surface area (Å²) in [7, 11) is -7.48. The number of nitrogens with zero attached hydrogens (tertiary/aromatic N) is 2. The van der Waals surface area contributed by atoms with Gasteiger partial charge < -0.3 is 0 Å². The fraction of sp³-hybridized carbons (Fsp3) is 0.208. The number of halogens is 1. The van der Waals surface area contributed by atoms with Crippen LogP contribution in [-0.4, -0.2) is 32.7 Å². The second-order valence-corrected chi connectivity index (χ2v) is 11.8. The van der Waals surface area contributed by atoms with Gasteiger partial charge in [0, 0.05) is 17.7 Å². The van der Waals surface area contributed by atoms with Gasteiger partial charge in [0.1, 0.15) is 5.82 Å². The number of benzene rings is 3. The van der Waals surface area contributed by atoms with Crippen molar-refractivity contribution >= 4 is 31.4 Å². The van der Waals surface area contributed by atoms with Gasteiger partial charge in [0.25, 0.3) is 10.0 Å². The standard InChI is InChI=1S/C24H24FN3O4S2/c1-3-33(29,30)27-19-12-10-18(11-13-19)23-16-24(21-6-4-5-7-22(21)25)28(26-23)34(31,32)20-14-8-17(2)9-15-20/h4-15,24,27H,3,16H2,1-2H3. The van der Waals surface area contributed by atoms with E-state index in [1.54, 1.807) is 54.6 Å². The summed E-state index contributed by atoms with van der Waals surface area (Å²) in [6, 6.07) is 18.1. The first-order chi connectivity index (χ1) is 16.1. The van der Waals surface area contributed by atoms with Crippen molar-refractivity contribution in [1.82, 2.24) is 4.41 Å². The topological polar surface area (TPSA) is 95.9 Å². The molecule has 1 aliphatic heterocycles. The monoisotopic (exact) mass is 501 g/mol. The second-order valence-electron chi connectivity index (χ2n) is 7.96. The van der Waals surface area contributed by atoms with Crippen molar-refractivity contribution in [3.8, 4) is 0 Å². The zero-order valence-corrected chi connectivity index (χ0v) is 20.3. The van der Waals surface area contributed by atoms with E-state index < -0.39 is 31.9 Å². The van der Waals surface area contributed by atoms with Crippen LogP contribution in [0.1, 0.15) is 36.1 Å². The fourth-order valence-corrected chi connectivity index (χ4v) is 5.73. The highest BCUT2D eigenvalue weighted by molar-refractivity contribution is 7.92. The Labute approximate surface area is 199 Å². The molecule has 0 spiro atoms. The Morgan fingerprint density at radius 2 is 1.62 bits per heavy atom. The Morgan fingerprint density at radius 1 is 0.971 bits per heavy atom. The largest absolute Gasteiger partial charge is 0.284 e. The molecule has 1 atom stereocenters. The number of rotatable bonds is 7. The van der Waals surface area contributed by atoms with E-state index in [9.17, 15) is 21.2 Å². The first-order valence-corrected chi connectivity index (χ1v) is 13.7. The van der Waals surface area contributed by atoms with Crippen LogP contribution in [0.2, 0.25) is 0 Å². The van der Waals surface area contributed by atoms with Gasteiger partial charge >= 0.3 is 0 Å². The van der Waals surface area contributed by atoms with Crippen LogP contribution in [0.5, 0.6) is 0 Å². The molecule has 7 nitrogen and oxygen atoms in total. The first-order valence-electron chi connectivity index (χ1n) is 10.6. The number of hydrazone groups is 1. The predicted octanol–water partition coefficient (Wildman–Crippen LogP) is 4.44. The molecule has 34 heavy (non-hydrogen) atoms. The number of nitrogens with one attached hydrogen (secondary N) is 1. The Morgan fingerprint density at radius 3 is 2.24 bits per heavy atom. The molecular formula is C24H24FN3O4S2.